The number of nitrogens with two attached hydrogens (primary N) is 1. The molecule has 2 atom stereocenters. The molecule has 0 saturated carbocycles. The van der Waals surface area contributed by atoms with Crippen molar-refractivity contribution in [2.45, 2.75) is 38.1 Å². The Bertz CT molecular complexity index is 578. The van der Waals surface area contributed by atoms with Crippen LogP contribution in [0.3, 0.4) is 0 Å². The van der Waals surface area contributed by atoms with Crippen LogP contribution in [0, 0.1) is 0 Å². The zero-order valence-corrected chi connectivity index (χ0v) is 12.7. The number of ether oxygens (including phenoxy) is 1. The number of hydrogen-bond acceptors (Lipinski definition) is 3. The van der Waals surface area contributed by atoms with E-state index < -0.39 is 0 Å². The van der Waals surface area contributed by atoms with Crippen molar-refractivity contribution in [1.29, 1.82) is 0 Å². The zero-order chi connectivity index (χ0) is 13.9. The largest absolute Gasteiger partial charge is 0.493 e. The highest BCUT2D eigenvalue weighted by atomic mass is 32.1. The first-order chi connectivity index (χ1) is 9.78. The molecular weight excluding hydrogens is 266 g/mol. The fourth-order valence-electron chi connectivity index (χ4n) is 2.91. The standard InChI is InChI=1S/C17H21NOS/c1-2-12-7-8-13(20-12)11-16(18)14-9-10-19-17-6-4-3-5-15(14)17/h3-8,14,16H,2,9-11,18H2,1H3. The summed E-state index contributed by atoms with van der Waals surface area (Å²) in [6.45, 7) is 2.98. The quantitative estimate of drug-likeness (QED) is 0.929. The summed E-state index contributed by atoms with van der Waals surface area (Å²) >= 11 is 1.90. The van der Waals surface area contributed by atoms with Crippen molar-refractivity contribution >= 4 is 11.3 Å². The van der Waals surface area contributed by atoms with Gasteiger partial charge in [0.2, 0.25) is 0 Å². The maximum Gasteiger partial charge on any atom is 0.122 e. The Hall–Kier alpha value is -1.32. The Labute approximate surface area is 124 Å². The Morgan fingerprint density at radius 1 is 1.25 bits per heavy atom. The maximum absolute atomic E-state index is 6.50. The van der Waals surface area contributed by atoms with Crippen molar-refractivity contribution in [2.24, 2.45) is 5.73 Å². The third-order valence-electron chi connectivity index (χ3n) is 4.02. The molecule has 2 nitrogen and oxygen atoms in total. The first-order valence-electron chi connectivity index (χ1n) is 7.33. The average molecular weight is 287 g/mol. The summed E-state index contributed by atoms with van der Waals surface area (Å²) < 4.78 is 5.72. The van der Waals surface area contributed by atoms with Gasteiger partial charge in [0.1, 0.15) is 5.75 Å². The molecule has 0 spiro atoms. The molecule has 0 saturated heterocycles. The number of thiophene rings is 1. The van der Waals surface area contributed by atoms with E-state index in [4.69, 9.17) is 10.5 Å². The van der Waals surface area contributed by atoms with Crippen molar-refractivity contribution in [3.63, 3.8) is 0 Å². The minimum Gasteiger partial charge on any atom is -0.493 e. The summed E-state index contributed by atoms with van der Waals surface area (Å²) in [5.74, 6) is 1.42. The van der Waals surface area contributed by atoms with E-state index in [1.807, 2.05) is 17.4 Å². The highest BCUT2D eigenvalue weighted by molar-refractivity contribution is 7.11. The van der Waals surface area contributed by atoms with Gasteiger partial charge in [0.25, 0.3) is 0 Å². The molecule has 3 heteroatoms. The van der Waals surface area contributed by atoms with Gasteiger partial charge in [-0.25, -0.2) is 0 Å². The molecule has 106 valence electrons. The summed E-state index contributed by atoms with van der Waals surface area (Å²) in [4.78, 5) is 2.85. The lowest BCUT2D eigenvalue weighted by molar-refractivity contribution is 0.255. The Balaban J connectivity index is 1.76. The number of fused-ring (bicyclic) bond motifs is 1. The van der Waals surface area contributed by atoms with E-state index in [9.17, 15) is 0 Å². The average Bonchev–Trinajstić information content (AvgIpc) is 2.94. The predicted octanol–water partition coefficient (Wildman–Crippen LogP) is 3.75. The van der Waals surface area contributed by atoms with Crippen molar-refractivity contribution < 1.29 is 4.74 Å². The summed E-state index contributed by atoms with van der Waals surface area (Å²) in [5, 5.41) is 0. The van der Waals surface area contributed by atoms with Crippen LogP contribution in [0.4, 0.5) is 0 Å². The molecule has 1 aliphatic rings. The summed E-state index contributed by atoms with van der Waals surface area (Å²) in [6.07, 6.45) is 3.09. The van der Waals surface area contributed by atoms with Crippen LogP contribution in [0.15, 0.2) is 36.4 Å². The molecule has 3 rings (SSSR count). The fraction of sp³-hybridized carbons (Fsp3) is 0.412. The molecule has 0 bridgehead atoms. The van der Waals surface area contributed by atoms with Gasteiger partial charge in [0.15, 0.2) is 0 Å². The number of hydrogen-bond donors (Lipinski definition) is 1. The minimum atomic E-state index is 0.170. The third kappa shape index (κ3) is 2.74. The highest BCUT2D eigenvalue weighted by Gasteiger charge is 2.26. The molecule has 2 aromatic rings. The minimum absolute atomic E-state index is 0.170. The van der Waals surface area contributed by atoms with Gasteiger partial charge >= 0.3 is 0 Å². The number of benzene rings is 1. The number of para-hydroxylation sites is 1. The van der Waals surface area contributed by atoms with Crippen LogP contribution in [0.2, 0.25) is 0 Å². The van der Waals surface area contributed by atoms with Gasteiger partial charge in [-0.1, -0.05) is 25.1 Å². The van der Waals surface area contributed by atoms with Gasteiger partial charge in [-0.2, -0.15) is 0 Å². The van der Waals surface area contributed by atoms with Crippen LogP contribution in [0.1, 0.15) is 34.6 Å². The van der Waals surface area contributed by atoms with E-state index >= 15 is 0 Å². The molecule has 1 aliphatic heterocycles. The molecule has 0 fully saturated rings. The topological polar surface area (TPSA) is 35.2 Å². The van der Waals surface area contributed by atoms with E-state index in [0.29, 0.717) is 5.92 Å². The third-order valence-corrected chi connectivity index (χ3v) is 5.28. The number of aryl methyl sites for hydroxylation is 1. The van der Waals surface area contributed by atoms with Gasteiger partial charge in [-0.05, 0) is 43.0 Å². The lowest BCUT2D eigenvalue weighted by atomic mass is 9.85. The van der Waals surface area contributed by atoms with Crippen LogP contribution >= 0.6 is 11.3 Å². The molecule has 0 amide bonds. The van der Waals surface area contributed by atoms with Crippen LogP contribution in [-0.4, -0.2) is 12.6 Å². The predicted molar refractivity (Wildman–Crippen MR) is 84.7 cm³/mol. The second-order valence-electron chi connectivity index (χ2n) is 5.37. The summed E-state index contributed by atoms with van der Waals surface area (Å²) in [6, 6.07) is 12.9. The van der Waals surface area contributed by atoms with Gasteiger partial charge in [-0.3, -0.25) is 0 Å². The molecule has 0 radical (unpaired) electrons. The Morgan fingerprint density at radius 2 is 2.05 bits per heavy atom. The van der Waals surface area contributed by atoms with Crippen molar-refractivity contribution in [1.82, 2.24) is 0 Å². The molecule has 1 aromatic carbocycles. The van der Waals surface area contributed by atoms with Crippen molar-refractivity contribution in [3.05, 3.63) is 51.7 Å². The van der Waals surface area contributed by atoms with Gasteiger partial charge in [0.05, 0.1) is 6.61 Å². The van der Waals surface area contributed by atoms with Crippen molar-refractivity contribution in [3.8, 4) is 5.75 Å². The van der Waals surface area contributed by atoms with E-state index in [-0.39, 0.29) is 6.04 Å². The molecule has 20 heavy (non-hydrogen) atoms. The zero-order valence-electron chi connectivity index (χ0n) is 11.8. The van der Waals surface area contributed by atoms with Crippen LogP contribution in [-0.2, 0) is 12.8 Å². The highest BCUT2D eigenvalue weighted by Crippen LogP contribution is 2.36. The van der Waals surface area contributed by atoms with Gasteiger partial charge in [-0.15, -0.1) is 11.3 Å². The van der Waals surface area contributed by atoms with Gasteiger partial charge < -0.3 is 10.5 Å². The first kappa shape index (κ1) is 13.7. The number of rotatable bonds is 4. The van der Waals surface area contributed by atoms with Crippen molar-refractivity contribution in [2.75, 3.05) is 6.61 Å². The Morgan fingerprint density at radius 3 is 2.85 bits per heavy atom. The molecular formula is C17H21NOS. The van der Waals surface area contributed by atoms with Crippen LogP contribution < -0.4 is 10.5 Å². The lowest BCUT2D eigenvalue weighted by Crippen LogP contribution is -2.33. The van der Waals surface area contributed by atoms with E-state index in [2.05, 4.69) is 37.3 Å². The lowest BCUT2D eigenvalue weighted by Gasteiger charge is -2.30. The fourth-order valence-corrected chi connectivity index (χ4v) is 3.94. The molecule has 2 heterocycles. The van der Waals surface area contributed by atoms with Crippen LogP contribution in [0.5, 0.6) is 5.75 Å². The molecule has 2 unspecified atom stereocenters. The van der Waals surface area contributed by atoms with E-state index in [0.717, 1.165) is 31.6 Å². The molecule has 0 aliphatic carbocycles. The first-order valence-corrected chi connectivity index (χ1v) is 8.14. The second-order valence-corrected chi connectivity index (χ2v) is 6.62. The Kier molecular flexibility index (Phi) is 4.08. The summed E-state index contributed by atoms with van der Waals surface area (Å²) in [5.41, 5.74) is 7.77. The van der Waals surface area contributed by atoms with Crippen LogP contribution in [0.25, 0.3) is 0 Å². The SMILES string of the molecule is CCc1ccc(CC(N)C2CCOc3ccccc32)s1. The van der Waals surface area contributed by atoms with E-state index in [1.54, 1.807) is 0 Å². The monoisotopic (exact) mass is 287 g/mol. The summed E-state index contributed by atoms with van der Waals surface area (Å²) in [7, 11) is 0. The normalized spacial score (nSPS) is 19.2. The molecule has 1 aromatic heterocycles. The van der Waals surface area contributed by atoms with E-state index in [1.165, 1.54) is 15.3 Å². The van der Waals surface area contributed by atoms with Gasteiger partial charge in [0, 0.05) is 21.7 Å². The maximum atomic E-state index is 6.50. The molecule has 2 N–H and O–H groups in total. The smallest absolute Gasteiger partial charge is 0.122 e. The second kappa shape index (κ2) is 5.98.